The van der Waals surface area contributed by atoms with Crippen molar-refractivity contribution in [1.29, 1.82) is 0 Å². The van der Waals surface area contributed by atoms with Crippen LogP contribution in [0.15, 0.2) is 35.1 Å². The summed E-state index contributed by atoms with van der Waals surface area (Å²) >= 11 is 0. The molecule has 7 nitrogen and oxygen atoms in total. The molecule has 186 valence electrons. The third kappa shape index (κ3) is 3.39. The average Bonchev–Trinajstić information content (AvgIpc) is 2.73. The molecule has 3 unspecified atom stereocenters. The van der Waals surface area contributed by atoms with Crippen molar-refractivity contribution < 1.29 is 34.8 Å². The van der Waals surface area contributed by atoms with E-state index in [2.05, 4.69) is 6.58 Å². The monoisotopic (exact) mass is 480 g/mol. The van der Waals surface area contributed by atoms with Crippen LogP contribution in [-0.2, 0) is 27.2 Å². The predicted molar refractivity (Wildman–Crippen MR) is 130 cm³/mol. The Morgan fingerprint density at radius 3 is 2.37 bits per heavy atom. The number of ketones is 3. The number of phenols is 1. The Morgan fingerprint density at radius 2 is 1.83 bits per heavy atom. The van der Waals surface area contributed by atoms with E-state index in [9.17, 15) is 34.8 Å². The first-order valence-electron chi connectivity index (χ1n) is 11.9. The van der Waals surface area contributed by atoms with Crippen molar-refractivity contribution in [2.75, 3.05) is 0 Å². The number of carbonyl (C=O) groups excluding carboxylic acids is 3. The zero-order valence-corrected chi connectivity index (χ0v) is 20.7. The van der Waals surface area contributed by atoms with E-state index in [1.54, 1.807) is 13.8 Å². The topological polar surface area (TPSA) is 132 Å². The van der Waals surface area contributed by atoms with Crippen LogP contribution in [0, 0.1) is 30.6 Å². The maximum atomic E-state index is 13.9. The van der Waals surface area contributed by atoms with E-state index in [4.69, 9.17) is 0 Å². The van der Waals surface area contributed by atoms with E-state index in [-0.39, 0.29) is 29.2 Å². The molecule has 7 heteroatoms. The molecule has 0 aromatic heterocycles. The minimum absolute atomic E-state index is 0.0928. The van der Waals surface area contributed by atoms with Crippen LogP contribution in [-0.4, -0.2) is 43.4 Å². The minimum atomic E-state index is -2.51. The number of allylic oxidation sites excluding steroid dienone is 2. The third-order valence-corrected chi connectivity index (χ3v) is 7.87. The van der Waals surface area contributed by atoms with E-state index in [1.807, 2.05) is 19.9 Å². The van der Waals surface area contributed by atoms with Gasteiger partial charge >= 0.3 is 0 Å². The number of hydrogen-bond acceptors (Lipinski definition) is 7. The van der Waals surface area contributed by atoms with Gasteiger partial charge in [0.25, 0.3) is 0 Å². The number of phenolic OH excluding ortho intramolecular Hbond substituents is 1. The molecule has 35 heavy (non-hydrogen) atoms. The van der Waals surface area contributed by atoms with E-state index >= 15 is 0 Å². The van der Waals surface area contributed by atoms with Crippen molar-refractivity contribution in [3.63, 3.8) is 0 Å². The number of hydrogen-bond donors (Lipinski definition) is 4. The molecular weight excluding hydrogens is 448 g/mol. The molecule has 1 saturated carbocycles. The fraction of sp³-hybridized carbons (Fsp3) is 0.464. The number of aliphatic hydroxyl groups is 3. The Labute approximate surface area is 204 Å². The van der Waals surface area contributed by atoms with E-state index in [0.717, 1.165) is 18.1 Å². The molecule has 1 fully saturated rings. The summed E-state index contributed by atoms with van der Waals surface area (Å²) in [5.41, 5.74) is -0.113. The van der Waals surface area contributed by atoms with Crippen LogP contribution in [0.2, 0.25) is 0 Å². The fourth-order valence-electron chi connectivity index (χ4n) is 6.37. The van der Waals surface area contributed by atoms with Gasteiger partial charge in [0, 0.05) is 17.4 Å². The van der Waals surface area contributed by atoms with Gasteiger partial charge in [-0.25, -0.2) is 0 Å². The molecule has 0 amide bonds. The second-order valence-electron chi connectivity index (χ2n) is 10.7. The van der Waals surface area contributed by atoms with Crippen molar-refractivity contribution >= 4 is 23.1 Å². The minimum Gasteiger partial charge on any atom is -0.508 e. The highest BCUT2D eigenvalue weighted by Crippen LogP contribution is 2.55. The number of aromatic hydroxyl groups is 1. The highest BCUT2D eigenvalue weighted by Gasteiger charge is 2.63. The number of fused-ring (bicyclic) bond motifs is 3. The second-order valence-corrected chi connectivity index (χ2v) is 10.7. The van der Waals surface area contributed by atoms with Gasteiger partial charge in [-0.15, -0.1) is 0 Å². The molecule has 4 atom stereocenters. The van der Waals surface area contributed by atoms with Gasteiger partial charge in [-0.1, -0.05) is 32.1 Å². The SMILES string of the molecule is C=C(C)Cc1cc(C)c2c(c1O)C(O)=C1C(=O)[C@@]3(O)C(O)=C(C(C)=O)C(=O)C(C(C)C)C3CC1C2. The summed E-state index contributed by atoms with van der Waals surface area (Å²) in [6, 6.07) is 1.84. The second kappa shape index (κ2) is 8.19. The van der Waals surface area contributed by atoms with Crippen molar-refractivity contribution in [2.24, 2.45) is 23.7 Å². The van der Waals surface area contributed by atoms with Crippen molar-refractivity contribution in [3.05, 3.63) is 57.4 Å². The quantitative estimate of drug-likeness (QED) is 0.380. The fourth-order valence-corrected chi connectivity index (χ4v) is 6.37. The zero-order chi connectivity index (χ0) is 26.1. The zero-order valence-electron chi connectivity index (χ0n) is 20.7. The van der Waals surface area contributed by atoms with Gasteiger partial charge in [0.05, 0.1) is 5.56 Å². The van der Waals surface area contributed by atoms with E-state index < -0.39 is 57.8 Å². The highest BCUT2D eigenvalue weighted by molar-refractivity contribution is 6.24. The molecule has 0 heterocycles. The van der Waals surface area contributed by atoms with Crippen molar-refractivity contribution in [2.45, 2.75) is 59.5 Å². The summed E-state index contributed by atoms with van der Waals surface area (Å²) in [5, 5.41) is 45.0. The molecule has 0 spiro atoms. The van der Waals surface area contributed by atoms with E-state index in [0.29, 0.717) is 24.0 Å². The lowest BCUT2D eigenvalue weighted by Crippen LogP contribution is -2.61. The number of aliphatic hydroxyl groups excluding tert-OH is 2. The molecule has 0 bridgehead atoms. The summed E-state index contributed by atoms with van der Waals surface area (Å²) in [4.78, 5) is 39.3. The lowest BCUT2D eigenvalue weighted by Gasteiger charge is -2.50. The third-order valence-electron chi connectivity index (χ3n) is 7.87. The molecule has 1 aromatic carbocycles. The predicted octanol–water partition coefficient (Wildman–Crippen LogP) is 3.84. The van der Waals surface area contributed by atoms with Gasteiger partial charge < -0.3 is 20.4 Å². The van der Waals surface area contributed by atoms with Gasteiger partial charge in [0.15, 0.2) is 17.2 Å². The maximum Gasteiger partial charge on any atom is 0.202 e. The van der Waals surface area contributed by atoms with Crippen LogP contribution >= 0.6 is 0 Å². The number of Topliss-reactive ketones (excluding diaryl/α,β-unsaturated/α-hetero) is 3. The molecule has 4 N–H and O–H groups in total. The van der Waals surface area contributed by atoms with Gasteiger partial charge in [-0.3, -0.25) is 14.4 Å². The van der Waals surface area contributed by atoms with Crippen molar-refractivity contribution in [1.82, 2.24) is 0 Å². The van der Waals surface area contributed by atoms with Gasteiger partial charge in [-0.05, 0) is 68.6 Å². The standard InChI is InChI=1S/C28H32O7/c1-11(2)7-16-8-13(5)17-9-15-10-18-19(12(3)4)24(31)20(14(6)29)26(33)28(18,35)27(34)21(15)25(32)22(17)23(16)30/h8,12,15,18-19,30,32-33,35H,1,7,9-10H2,2-6H3/t15?,18?,19?,28-/m0/s1. The summed E-state index contributed by atoms with van der Waals surface area (Å²) in [7, 11) is 0. The van der Waals surface area contributed by atoms with Crippen LogP contribution in [0.3, 0.4) is 0 Å². The highest BCUT2D eigenvalue weighted by atomic mass is 16.3. The summed E-state index contributed by atoms with van der Waals surface area (Å²) in [6.45, 7) is 12.2. The van der Waals surface area contributed by atoms with Crippen molar-refractivity contribution in [3.8, 4) is 5.75 Å². The lowest BCUT2D eigenvalue weighted by atomic mass is 9.54. The largest absolute Gasteiger partial charge is 0.508 e. The molecule has 4 rings (SSSR count). The molecular formula is C28H32O7. The molecule has 0 aliphatic heterocycles. The first kappa shape index (κ1) is 24.9. The van der Waals surface area contributed by atoms with Crippen LogP contribution in [0.1, 0.15) is 56.4 Å². The maximum absolute atomic E-state index is 13.9. The lowest BCUT2D eigenvalue weighted by molar-refractivity contribution is -0.155. The average molecular weight is 481 g/mol. The molecule has 3 aliphatic carbocycles. The Bertz CT molecular complexity index is 1260. The van der Waals surface area contributed by atoms with Crippen LogP contribution in [0.4, 0.5) is 0 Å². The van der Waals surface area contributed by atoms with E-state index in [1.165, 1.54) is 0 Å². The normalized spacial score (nSPS) is 28.1. The van der Waals surface area contributed by atoms with Crippen LogP contribution < -0.4 is 0 Å². The molecule has 1 aromatic rings. The summed E-state index contributed by atoms with van der Waals surface area (Å²) in [6.07, 6.45) is 0.858. The van der Waals surface area contributed by atoms with Gasteiger partial charge in [-0.2, -0.15) is 0 Å². The van der Waals surface area contributed by atoms with Gasteiger partial charge in [0.1, 0.15) is 22.8 Å². The summed E-state index contributed by atoms with van der Waals surface area (Å²) in [5.74, 6) is -6.40. The Hall–Kier alpha value is -3.19. The number of benzene rings is 1. The molecule has 0 saturated heterocycles. The Morgan fingerprint density at radius 1 is 1.20 bits per heavy atom. The van der Waals surface area contributed by atoms with Crippen LogP contribution in [0.5, 0.6) is 5.75 Å². The Kier molecular flexibility index (Phi) is 5.83. The van der Waals surface area contributed by atoms with Gasteiger partial charge in [0.2, 0.25) is 5.78 Å². The molecule has 0 radical (unpaired) electrons. The number of carbonyl (C=O) groups is 3. The first-order chi connectivity index (χ1) is 16.2. The number of rotatable bonds is 4. The first-order valence-corrected chi connectivity index (χ1v) is 11.9. The number of aryl methyl sites for hydroxylation is 1. The Balaban J connectivity index is 1.97. The van der Waals surface area contributed by atoms with Crippen LogP contribution in [0.25, 0.3) is 5.76 Å². The summed E-state index contributed by atoms with van der Waals surface area (Å²) < 4.78 is 0. The smallest absolute Gasteiger partial charge is 0.202 e. The molecule has 3 aliphatic rings.